The van der Waals surface area contributed by atoms with Gasteiger partial charge in [-0.2, -0.15) is 0 Å². The van der Waals surface area contributed by atoms with Crippen molar-refractivity contribution in [2.75, 3.05) is 43.2 Å². The molecule has 3 aliphatic rings. The van der Waals surface area contributed by atoms with Gasteiger partial charge in [-0.25, -0.2) is 4.98 Å². The molecule has 0 saturated carbocycles. The maximum atomic E-state index is 13.3. The van der Waals surface area contributed by atoms with Crippen LogP contribution in [0.3, 0.4) is 0 Å². The van der Waals surface area contributed by atoms with Gasteiger partial charge in [-0.1, -0.05) is 18.2 Å². The van der Waals surface area contributed by atoms with Gasteiger partial charge in [0.2, 0.25) is 12.7 Å². The van der Waals surface area contributed by atoms with Crippen molar-refractivity contribution in [3.8, 4) is 11.5 Å². The molecule has 2 aliphatic heterocycles. The summed E-state index contributed by atoms with van der Waals surface area (Å²) in [5.74, 6) is 0.852. The summed E-state index contributed by atoms with van der Waals surface area (Å²) in [5.41, 5.74) is 2.49. The number of benzene rings is 2. The van der Waals surface area contributed by atoms with Crippen molar-refractivity contribution in [1.82, 2.24) is 9.88 Å². The van der Waals surface area contributed by atoms with E-state index in [0.717, 1.165) is 36.5 Å². The third-order valence-corrected chi connectivity index (χ3v) is 7.63. The molecular weight excluding hydrogens is 452 g/mol. The van der Waals surface area contributed by atoms with Crippen LogP contribution in [-0.2, 0) is 11.2 Å². The summed E-state index contributed by atoms with van der Waals surface area (Å²) in [7, 11) is 0. The van der Waals surface area contributed by atoms with E-state index in [1.54, 1.807) is 18.2 Å². The van der Waals surface area contributed by atoms with Crippen molar-refractivity contribution < 1.29 is 19.1 Å². The maximum absolute atomic E-state index is 13.3. The van der Waals surface area contributed by atoms with Gasteiger partial charge in [0.05, 0.1) is 11.6 Å². The Morgan fingerprint density at radius 3 is 2.62 bits per heavy atom. The zero-order chi connectivity index (χ0) is 23.1. The average Bonchev–Trinajstić information content (AvgIpc) is 3.59. The minimum atomic E-state index is -0.259. The third kappa shape index (κ3) is 3.86. The van der Waals surface area contributed by atoms with Crippen LogP contribution in [0.2, 0.25) is 0 Å². The molecule has 2 amide bonds. The van der Waals surface area contributed by atoms with Crippen molar-refractivity contribution in [2.45, 2.75) is 18.8 Å². The second kappa shape index (κ2) is 8.64. The van der Waals surface area contributed by atoms with Crippen molar-refractivity contribution in [2.24, 2.45) is 0 Å². The van der Waals surface area contributed by atoms with Crippen LogP contribution in [0, 0.1) is 0 Å². The Hall–Kier alpha value is -3.59. The predicted octanol–water partition coefficient (Wildman–Crippen LogP) is 3.50. The topological polar surface area (TPSA) is 84.0 Å². The van der Waals surface area contributed by atoms with Gasteiger partial charge < -0.3 is 19.3 Å². The largest absolute Gasteiger partial charge is 0.454 e. The molecule has 0 bridgehead atoms. The smallest absolute Gasteiger partial charge is 0.257 e. The van der Waals surface area contributed by atoms with Crippen molar-refractivity contribution in [3.63, 3.8) is 0 Å². The fourth-order valence-electron chi connectivity index (χ4n) is 4.77. The van der Waals surface area contributed by atoms with Crippen LogP contribution in [-0.4, -0.2) is 54.7 Å². The average molecular weight is 477 g/mol. The lowest BCUT2D eigenvalue weighted by atomic mass is 10.1. The number of aryl methyl sites for hydroxylation is 1. The van der Waals surface area contributed by atoms with Gasteiger partial charge in [0.1, 0.15) is 0 Å². The fraction of sp³-hybridized carbons (Fsp3) is 0.320. The van der Waals surface area contributed by atoms with Gasteiger partial charge in [0.15, 0.2) is 16.6 Å². The molecule has 1 N–H and O–H groups in total. The van der Waals surface area contributed by atoms with Gasteiger partial charge in [-0.15, -0.1) is 11.3 Å². The van der Waals surface area contributed by atoms with E-state index in [0.29, 0.717) is 35.3 Å². The zero-order valence-corrected chi connectivity index (χ0v) is 19.3. The molecule has 3 aromatic rings. The first-order valence-corrected chi connectivity index (χ1v) is 12.3. The molecule has 8 nitrogen and oxygen atoms in total. The number of amides is 2. The second-order valence-electron chi connectivity index (χ2n) is 8.59. The van der Waals surface area contributed by atoms with Gasteiger partial charge in [0.25, 0.3) is 5.91 Å². The number of carbonyl (C=O) groups excluding carboxylic acids is 2. The number of ether oxygens (including phenoxy) is 2. The number of thiazole rings is 1. The summed E-state index contributed by atoms with van der Waals surface area (Å²) in [4.78, 5) is 36.1. The van der Waals surface area contributed by atoms with E-state index in [1.807, 2.05) is 23.1 Å². The molecule has 2 aromatic carbocycles. The normalized spacial score (nSPS) is 18.6. The molecule has 1 aromatic heterocycles. The molecular formula is C25H24N4O4S. The third-order valence-electron chi connectivity index (χ3n) is 6.58. The van der Waals surface area contributed by atoms with Crippen LogP contribution >= 0.6 is 11.3 Å². The molecule has 0 radical (unpaired) electrons. The summed E-state index contributed by atoms with van der Waals surface area (Å²) in [6.07, 6.45) is 1.59. The van der Waals surface area contributed by atoms with E-state index in [-0.39, 0.29) is 24.5 Å². The zero-order valence-electron chi connectivity index (χ0n) is 18.5. The monoisotopic (exact) mass is 476 g/mol. The summed E-state index contributed by atoms with van der Waals surface area (Å²) in [6, 6.07) is 15.4. The van der Waals surface area contributed by atoms with Crippen molar-refractivity contribution in [1.29, 1.82) is 0 Å². The van der Waals surface area contributed by atoms with Gasteiger partial charge in [-0.3, -0.25) is 14.9 Å². The van der Waals surface area contributed by atoms with E-state index in [2.05, 4.69) is 27.3 Å². The van der Waals surface area contributed by atoms with E-state index < -0.39 is 0 Å². The van der Waals surface area contributed by atoms with Gasteiger partial charge in [-0.05, 0) is 43.2 Å². The number of fused-ring (bicyclic) bond motifs is 2. The van der Waals surface area contributed by atoms with E-state index in [9.17, 15) is 9.59 Å². The Morgan fingerprint density at radius 1 is 1.00 bits per heavy atom. The molecule has 3 heterocycles. The minimum absolute atomic E-state index is 0.144. The quantitative estimate of drug-likeness (QED) is 0.621. The van der Waals surface area contributed by atoms with E-state index in [1.165, 1.54) is 17.0 Å². The molecule has 0 spiro atoms. The molecule has 1 fully saturated rings. The Balaban J connectivity index is 1.10. The summed E-state index contributed by atoms with van der Waals surface area (Å²) >= 11 is 1.46. The van der Waals surface area contributed by atoms with Crippen molar-refractivity contribution >= 4 is 34.0 Å². The standard InChI is InChI=1S/C25H24N4O4S/c30-23(16-6-8-19-20(14-16)33-15-32-19)27-25-26-22-18(7-9-21(22)34-25)24(31)29-12-10-28(11-13-29)17-4-2-1-3-5-17/h1-6,8,14,18H,7,9-13,15H2,(H,26,27,30)/t18-/m0/s1. The number of hydrogen-bond donors (Lipinski definition) is 1. The van der Waals surface area contributed by atoms with Crippen LogP contribution in [0.15, 0.2) is 48.5 Å². The van der Waals surface area contributed by atoms with E-state index in [4.69, 9.17) is 9.47 Å². The molecule has 174 valence electrons. The first kappa shape index (κ1) is 21.0. The predicted molar refractivity (Wildman–Crippen MR) is 129 cm³/mol. The van der Waals surface area contributed by atoms with Crippen LogP contribution in [0.4, 0.5) is 10.8 Å². The number of nitrogens with zero attached hydrogens (tertiary/aromatic N) is 3. The molecule has 0 unspecified atom stereocenters. The Morgan fingerprint density at radius 2 is 1.79 bits per heavy atom. The number of carbonyl (C=O) groups is 2. The maximum Gasteiger partial charge on any atom is 0.257 e. The second-order valence-corrected chi connectivity index (χ2v) is 9.67. The van der Waals surface area contributed by atoms with Gasteiger partial charge >= 0.3 is 0 Å². The van der Waals surface area contributed by atoms with Crippen LogP contribution in [0.5, 0.6) is 11.5 Å². The highest BCUT2D eigenvalue weighted by Gasteiger charge is 2.36. The number of hydrogen-bond acceptors (Lipinski definition) is 7. The number of rotatable bonds is 4. The first-order chi connectivity index (χ1) is 16.7. The number of piperazine rings is 1. The Kier molecular flexibility index (Phi) is 5.33. The molecule has 6 rings (SSSR count). The molecule has 9 heteroatoms. The van der Waals surface area contributed by atoms with E-state index >= 15 is 0 Å². The molecule has 1 aliphatic carbocycles. The Bertz CT molecular complexity index is 1240. The lowest BCUT2D eigenvalue weighted by molar-refractivity contribution is -0.133. The Labute approximate surface area is 201 Å². The number of nitrogens with one attached hydrogen (secondary N) is 1. The summed E-state index contributed by atoms with van der Waals surface area (Å²) in [6.45, 7) is 3.22. The first-order valence-electron chi connectivity index (χ1n) is 11.4. The molecule has 1 saturated heterocycles. The lowest BCUT2D eigenvalue weighted by Crippen LogP contribution is -2.50. The summed E-state index contributed by atoms with van der Waals surface area (Å²) in [5, 5.41) is 3.41. The van der Waals surface area contributed by atoms with Crippen LogP contribution < -0.4 is 19.7 Å². The fourth-order valence-corrected chi connectivity index (χ4v) is 5.81. The summed E-state index contributed by atoms with van der Waals surface area (Å²) < 4.78 is 10.7. The highest BCUT2D eigenvalue weighted by atomic mass is 32.1. The highest BCUT2D eigenvalue weighted by Crippen LogP contribution is 2.40. The van der Waals surface area contributed by atoms with Crippen molar-refractivity contribution in [3.05, 3.63) is 64.7 Å². The molecule has 34 heavy (non-hydrogen) atoms. The highest BCUT2D eigenvalue weighted by molar-refractivity contribution is 7.16. The molecule has 1 atom stereocenters. The van der Waals surface area contributed by atoms with Crippen LogP contribution in [0.1, 0.15) is 33.3 Å². The van der Waals surface area contributed by atoms with Gasteiger partial charge in [0, 0.05) is 42.3 Å². The number of anilines is 2. The SMILES string of the molecule is O=C(Nc1nc2c(s1)CC[C@@H]2C(=O)N1CCN(c2ccccc2)CC1)c1ccc2c(c1)OCO2. The number of aromatic nitrogens is 1. The van der Waals surface area contributed by atoms with Crippen LogP contribution in [0.25, 0.3) is 0 Å². The lowest BCUT2D eigenvalue weighted by Gasteiger charge is -2.37. The minimum Gasteiger partial charge on any atom is -0.454 e. The number of para-hydroxylation sites is 1.